The Labute approximate surface area is 118 Å². The molecule has 0 heterocycles. The van der Waals surface area contributed by atoms with E-state index >= 15 is 0 Å². The standard InChI is InChI=1S/C9H14N4O2S.HI/c10-9(12-6-7-16(11,14)15)13-8-4-2-1-3-5-8;/h1-5H,6-7H2,(H3,10,12,13)(H2,11,14,15);1H. The van der Waals surface area contributed by atoms with Crippen molar-refractivity contribution >= 4 is 45.6 Å². The lowest BCUT2D eigenvalue weighted by atomic mass is 10.3. The fraction of sp³-hybridized carbons (Fsp3) is 0.222. The Morgan fingerprint density at radius 2 is 1.88 bits per heavy atom. The molecular weight excluding hydrogens is 355 g/mol. The highest BCUT2D eigenvalue weighted by atomic mass is 127. The first kappa shape index (κ1) is 16.1. The Morgan fingerprint density at radius 1 is 1.29 bits per heavy atom. The predicted molar refractivity (Wildman–Crippen MR) is 79.9 cm³/mol. The monoisotopic (exact) mass is 370 g/mol. The fourth-order valence-corrected chi connectivity index (χ4v) is 1.35. The zero-order valence-corrected chi connectivity index (χ0v) is 12.2. The third kappa shape index (κ3) is 7.94. The number of para-hydroxylation sites is 1. The number of halogens is 1. The lowest BCUT2D eigenvalue weighted by Crippen LogP contribution is -2.25. The number of benzene rings is 1. The van der Waals surface area contributed by atoms with Crippen molar-refractivity contribution in [3.63, 3.8) is 0 Å². The van der Waals surface area contributed by atoms with Crippen LogP contribution in [0.2, 0.25) is 0 Å². The van der Waals surface area contributed by atoms with Gasteiger partial charge in [-0.15, -0.1) is 24.0 Å². The molecule has 0 saturated heterocycles. The predicted octanol–water partition coefficient (Wildman–Crippen LogP) is 0.320. The first-order valence-electron chi connectivity index (χ1n) is 4.60. The maximum atomic E-state index is 10.6. The van der Waals surface area contributed by atoms with E-state index in [1.807, 2.05) is 30.3 Å². The minimum absolute atomic E-state index is 0. The van der Waals surface area contributed by atoms with Gasteiger partial charge in [0.15, 0.2) is 5.96 Å². The molecule has 17 heavy (non-hydrogen) atoms. The molecule has 1 rings (SSSR count). The normalized spacial score (nSPS) is 11.7. The summed E-state index contributed by atoms with van der Waals surface area (Å²) in [6.45, 7) is 0.0461. The van der Waals surface area contributed by atoms with E-state index < -0.39 is 10.0 Å². The smallest absolute Gasteiger partial charge is 0.210 e. The van der Waals surface area contributed by atoms with Gasteiger partial charge in [-0.1, -0.05) is 18.2 Å². The molecule has 0 fully saturated rings. The third-order valence-corrected chi connectivity index (χ3v) is 2.46. The van der Waals surface area contributed by atoms with Gasteiger partial charge < -0.3 is 11.1 Å². The average molecular weight is 370 g/mol. The van der Waals surface area contributed by atoms with Gasteiger partial charge in [-0.2, -0.15) is 0 Å². The number of guanidine groups is 1. The number of anilines is 1. The molecule has 0 unspecified atom stereocenters. The average Bonchev–Trinajstić information content (AvgIpc) is 2.17. The quantitative estimate of drug-likeness (QED) is 0.403. The van der Waals surface area contributed by atoms with Gasteiger partial charge in [0.25, 0.3) is 0 Å². The number of hydrogen-bond donors (Lipinski definition) is 3. The number of primary sulfonamides is 1. The fourth-order valence-electron chi connectivity index (χ4n) is 1.00. The van der Waals surface area contributed by atoms with Crippen LogP contribution in [0.15, 0.2) is 35.3 Å². The van der Waals surface area contributed by atoms with Crippen molar-refractivity contribution in [2.45, 2.75) is 0 Å². The summed E-state index contributed by atoms with van der Waals surface area (Å²) in [5, 5.41) is 7.64. The van der Waals surface area contributed by atoms with Gasteiger partial charge in [0.1, 0.15) is 0 Å². The maximum absolute atomic E-state index is 10.6. The number of hydrogen-bond acceptors (Lipinski definition) is 3. The van der Waals surface area contributed by atoms with Gasteiger partial charge in [0.2, 0.25) is 10.0 Å². The zero-order chi connectivity index (χ0) is 12.0. The van der Waals surface area contributed by atoms with Gasteiger partial charge in [0, 0.05) is 5.69 Å². The van der Waals surface area contributed by atoms with Crippen molar-refractivity contribution in [2.24, 2.45) is 15.9 Å². The number of nitrogens with one attached hydrogen (secondary N) is 1. The van der Waals surface area contributed by atoms with Crippen molar-refractivity contribution < 1.29 is 8.42 Å². The van der Waals surface area contributed by atoms with E-state index in [2.05, 4.69) is 10.3 Å². The lowest BCUT2D eigenvalue weighted by molar-refractivity contribution is 0.597. The molecule has 96 valence electrons. The third-order valence-electron chi connectivity index (χ3n) is 1.70. The van der Waals surface area contributed by atoms with Crippen molar-refractivity contribution in [1.29, 1.82) is 0 Å². The number of nitrogens with two attached hydrogens (primary N) is 2. The van der Waals surface area contributed by atoms with Crippen LogP contribution in [0.1, 0.15) is 0 Å². The Hall–Kier alpha value is -0.870. The van der Waals surface area contributed by atoms with Crippen LogP contribution in [-0.2, 0) is 10.0 Å². The summed E-state index contributed by atoms with van der Waals surface area (Å²) in [6.07, 6.45) is 0. The van der Waals surface area contributed by atoms with E-state index in [4.69, 9.17) is 10.9 Å². The molecule has 6 nitrogen and oxygen atoms in total. The van der Waals surface area contributed by atoms with E-state index in [9.17, 15) is 8.42 Å². The summed E-state index contributed by atoms with van der Waals surface area (Å²) in [5.41, 5.74) is 6.33. The molecule has 1 aromatic rings. The topological polar surface area (TPSA) is 111 Å². The Kier molecular flexibility index (Phi) is 7.07. The molecule has 8 heteroatoms. The highest BCUT2D eigenvalue weighted by molar-refractivity contribution is 14.0. The summed E-state index contributed by atoms with van der Waals surface area (Å²) in [6, 6.07) is 9.21. The van der Waals surface area contributed by atoms with Crippen LogP contribution in [-0.4, -0.2) is 26.7 Å². The van der Waals surface area contributed by atoms with E-state index in [1.54, 1.807) is 0 Å². The van der Waals surface area contributed by atoms with Gasteiger partial charge >= 0.3 is 0 Å². The molecule has 1 aromatic carbocycles. The van der Waals surface area contributed by atoms with Gasteiger partial charge in [0.05, 0.1) is 12.3 Å². The van der Waals surface area contributed by atoms with E-state index in [0.29, 0.717) is 0 Å². The van der Waals surface area contributed by atoms with Gasteiger partial charge in [-0.3, -0.25) is 4.99 Å². The van der Waals surface area contributed by atoms with Crippen LogP contribution in [0.3, 0.4) is 0 Å². The molecule has 0 aliphatic heterocycles. The second kappa shape index (κ2) is 7.45. The zero-order valence-electron chi connectivity index (χ0n) is 9.04. The van der Waals surface area contributed by atoms with E-state index in [0.717, 1.165) is 5.69 Å². The molecule has 0 aromatic heterocycles. The summed E-state index contributed by atoms with van der Waals surface area (Å²) >= 11 is 0. The molecule has 0 amide bonds. The van der Waals surface area contributed by atoms with Crippen LogP contribution >= 0.6 is 24.0 Å². The highest BCUT2D eigenvalue weighted by Crippen LogP contribution is 2.03. The molecule has 0 aliphatic rings. The van der Waals surface area contributed by atoms with E-state index in [1.165, 1.54) is 0 Å². The Morgan fingerprint density at radius 3 is 2.41 bits per heavy atom. The van der Waals surface area contributed by atoms with Crippen LogP contribution < -0.4 is 16.2 Å². The van der Waals surface area contributed by atoms with Crippen molar-refractivity contribution in [1.82, 2.24) is 0 Å². The Balaban J connectivity index is 0.00000256. The highest BCUT2D eigenvalue weighted by Gasteiger charge is 2.00. The molecule has 0 aliphatic carbocycles. The molecular formula is C9H15IN4O2S. The first-order valence-corrected chi connectivity index (χ1v) is 6.31. The molecule has 0 atom stereocenters. The van der Waals surface area contributed by atoms with Crippen LogP contribution in [0.25, 0.3) is 0 Å². The SMILES string of the molecule is I.NC(=NCCS(N)(=O)=O)Nc1ccccc1. The van der Waals surface area contributed by atoms with Gasteiger partial charge in [-0.05, 0) is 12.1 Å². The second-order valence-corrected chi connectivity index (χ2v) is 4.86. The molecule has 0 bridgehead atoms. The Bertz CT molecular complexity index is 461. The maximum Gasteiger partial charge on any atom is 0.210 e. The number of nitrogens with zero attached hydrogens (tertiary/aromatic N) is 1. The number of sulfonamides is 1. The number of rotatable bonds is 4. The summed E-state index contributed by atoms with van der Waals surface area (Å²) < 4.78 is 21.2. The van der Waals surface area contributed by atoms with Gasteiger partial charge in [-0.25, -0.2) is 13.6 Å². The summed E-state index contributed by atoms with van der Waals surface area (Å²) in [4.78, 5) is 3.83. The van der Waals surface area contributed by atoms with E-state index in [-0.39, 0.29) is 42.2 Å². The summed E-state index contributed by atoms with van der Waals surface area (Å²) in [5.74, 6) is -0.0562. The molecule has 0 radical (unpaired) electrons. The minimum Gasteiger partial charge on any atom is -0.370 e. The van der Waals surface area contributed by atoms with Crippen LogP contribution in [0.4, 0.5) is 5.69 Å². The molecule has 0 spiro atoms. The molecule has 0 saturated carbocycles. The molecule has 5 N–H and O–H groups in total. The van der Waals surface area contributed by atoms with Crippen LogP contribution in [0.5, 0.6) is 0 Å². The second-order valence-electron chi connectivity index (χ2n) is 3.12. The van der Waals surface area contributed by atoms with Crippen LogP contribution in [0, 0.1) is 0 Å². The van der Waals surface area contributed by atoms with Crippen molar-refractivity contribution in [3.05, 3.63) is 30.3 Å². The largest absolute Gasteiger partial charge is 0.370 e. The number of aliphatic imine (C=N–C) groups is 1. The first-order chi connectivity index (χ1) is 7.47. The van der Waals surface area contributed by atoms with Crippen molar-refractivity contribution in [3.8, 4) is 0 Å². The lowest BCUT2D eigenvalue weighted by Gasteiger charge is -2.04. The van der Waals surface area contributed by atoms with Crippen molar-refractivity contribution in [2.75, 3.05) is 17.6 Å². The summed E-state index contributed by atoms with van der Waals surface area (Å²) in [7, 11) is -3.48. The minimum atomic E-state index is -3.48.